The SMILES string of the molecule is CC(=O)Oc1c(C)cc(CN[C@H](Cn2ccnc2)c2ccccc2)cc1C. The van der Waals surface area contributed by atoms with E-state index in [-0.39, 0.29) is 12.0 Å². The van der Waals surface area contributed by atoms with Crippen molar-refractivity contribution in [2.45, 2.75) is 39.9 Å². The van der Waals surface area contributed by atoms with Gasteiger partial charge < -0.3 is 14.6 Å². The molecule has 0 bridgehead atoms. The van der Waals surface area contributed by atoms with Gasteiger partial charge in [-0.1, -0.05) is 42.5 Å². The highest BCUT2D eigenvalue weighted by Gasteiger charge is 2.13. The van der Waals surface area contributed by atoms with Crippen LogP contribution in [0.2, 0.25) is 0 Å². The van der Waals surface area contributed by atoms with Crippen molar-refractivity contribution in [3.8, 4) is 5.75 Å². The predicted molar refractivity (Wildman–Crippen MR) is 105 cm³/mol. The molecule has 0 aliphatic rings. The van der Waals surface area contributed by atoms with Crippen molar-refractivity contribution in [2.75, 3.05) is 0 Å². The number of hydrogen-bond donors (Lipinski definition) is 1. The second-order valence-corrected chi connectivity index (χ2v) is 6.76. The number of nitrogens with one attached hydrogen (secondary N) is 1. The zero-order chi connectivity index (χ0) is 19.2. The third-order valence-corrected chi connectivity index (χ3v) is 4.47. The molecule has 5 nitrogen and oxygen atoms in total. The summed E-state index contributed by atoms with van der Waals surface area (Å²) in [6, 6.07) is 14.7. The molecule has 5 heteroatoms. The highest BCUT2D eigenvalue weighted by atomic mass is 16.5. The molecule has 0 radical (unpaired) electrons. The predicted octanol–water partition coefficient (Wildman–Crippen LogP) is 3.96. The summed E-state index contributed by atoms with van der Waals surface area (Å²) >= 11 is 0. The highest BCUT2D eigenvalue weighted by molar-refractivity contribution is 5.70. The topological polar surface area (TPSA) is 56.1 Å². The van der Waals surface area contributed by atoms with E-state index in [1.165, 1.54) is 12.5 Å². The molecule has 1 N–H and O–H groups in total. The molecule has 0 aliphatic heterocycles. The van der Waals surface area contributed by atoms with Gasteiger partial charge in [0, 0.05) is 32.4 Å². The minimum absolute atomic E-state index is 0.161. The Morgan fingerprint density at radius 3 is 2.48 bits per heavy atom. The van der Waals surface area contributed by atoms with Crippen LogP contribution in [0.4, 0.5) is 0 Å². The lowest BCUT2D eigenvalue weighted by Crippen LogP contribution is -2.25. The fourth-order valence-corrected chi connectivity index (χ4v) is 3.27. The number of esters is 1. The van der Waals surface area contributed by atoms with Crippen LogP contribution in [-0.2, 0) is 17.9 Å². The van der Waals surface area contributed by atoms with Gasteiger partial charge in [0.1, 0.15) is 5.75 Å². The van der Waals surface area contributed by atoms with E-state index in [2.05, 4.69) is 51.3 Å². The lowest BCUT2D eigenvalue weighted by atomic mass is 10.0. The van der Waals surface area contributed by atoms with Crippen LogP contribution in [0.3, 0.4) is 0 Å². The number of carbonyl (C=O) groups is 1. The number of hydrogen-bond acceptors (Lipinski definition) is 4. The van der Waals surface area contributed by atoms with E-state index < -0.39 is 0 Å². The smallest absolute Gasteiger partial charge is 0.308 e. The molecular weight excluding hydrogens is 338 g/mol. The monoisotopic (exact) mass is 363 g/mol. The summed E-state index contributed by atoms with van der Waals surface area (Å²) in [5.41, 5.74) is 4.32. The van der Waals surface area contributed by atoms with Crippen LogP contribution >= 0.6 is 0 Å². The molecule has 1 aromatic heterocycles. The average Bonchev–Trinajstić information content (AvgIpc) is 3.15. The summed E-state index contributed by atoms with van der Waals surface area (Å²) in [5.74, 6) is 0.362. The molecule has 3 aromatic rings. The molecule has 0 spiro atoms. The maximum atomic E-state index is 11.3. The molecule has 0 unspecified atom stereocenters. The molecule has 1 heterocycles. The minimum Gasteiger partial charge on any atom is -0.426 e. The zero-order valence-electron chi connectivity index (χ0n) is 16.0. The van der Waals surface area contributed by atoms with Crippen LogP contribution in [0.25, 0.3) is 0 Å². The molecule has 140 valence electrons. The van der Waals surface area contributed by atoms with E-state index in [4.69, 9.17) is 4.74 Å². The van der Waals surface area contributed by atoms with Crippen molar-refractivity contribution in [1.82, 2.24) is 14.9 Å². The first-order valence-corrected chi connectivity index (χ1v) is 9.05. The van der Waals surface area contributed by atoms with E-state index in [9.17, 15) is 4.79 Å². The van der Waals surface area contributed by atoms with Gasteiger partial charge in [0.15, 0.2) is 0 Å². The maximum Gasteiger partial charge on any atom is 0.308 e. The number of imidazole rings is 1. The number of aromatic nitrogens is 2. The molecule has 0 saturated heterocycles. The van der Waals surface area contributed by atoms with Crippen LogP contribution in [0.15, 0.2) is 61.2 Å². The normalized spacial score (nSPS) is 12.0. The molecule has 1 atom stereocenters. The van der Waals surface area contributed by atoms with Gasteiger partial charge in [0.25, 0.3) is 0 Å². The summed E-state index contributed by atoms with van der Waals surface area (Å²) < 4.78 is 7.40. The van der Waals surface area contributed by atoms with E-state index >= 15 is 0 Å². The quantitative estimate of drug-likeness (QED) is 0.510. The number of carbonyl (C=O) groups excluding carboxylic acids is 1. The fraction of sp³-hybridized carbons (Fsp3) is 0.273. The highest BCUT2D eigenvalue weighted by Crippen LogP contribution is 2.25. The van der Waals surface area contributed by atoms with Gasteiger partial charge >= 0.3 is 5.97 Å². The van der Waals surface area contributed by atoms with E-state index in [1.54, 1.807) is 6.20 Å². The maximum absolute atomic E-state index is 11.3. The van der Waals surface area contributed by atoms with Crippen molar-refractivity contribution in [1.29, 1.82) is 0 Å². The van der Waals surface area contributed by atoms with Gasteiger partial charge in [-0.2, -0.15) is 0 Å². The van der Waals surface area contributed by atoms with Gasteiger partial charge in [-0.25, -0.2) is 4.98 Å². The van der Waals surface area contributed by atoms with Crippen molar-refractivity contribution >= 4 is 5.97 Å². The third-order valence-electron chi connectivity index (χ3n) is 4.47. The van der Waals surface area contributed by atoms with Crippen molar-refractivity contribution in [2.24, 2.45) is 0 Å². The Bertz CT molecular complexity index is 866. The van der Waals surface area contributed by atoms with E-state index in [1.807, 2.05) is 32.4 Å². The van der Waals surface area contributed by atoms with Crippen molar-refractivity contribution < 1.29 is 9.53 Å². The lowest BCUT2D eigenvalue weighted by Gasteiger charge is -2.21. The van der Waals surface area contributed by atoms with E-state index in [0.717, 1.165) is 29.8 Å². The Morgan fingerprint density at radius 1 is 1.19 bits per heavy atom. The number of benzene rings is 2. The summed E-state index contributed by atoms with van der Waals surface area (Å²) in [5, 5.41) is 3.65. The number of aryl methyl sites for hydroxylation is 2. The van der Waals surface area contributed by atoms with Crippen LogP contribution < -0.4 is 10.1 Å². The van der Waals surface area contributed by atoms with Gasteiger partial charge in [0.2, 0.25) is 0 Å². The summed E-state index contributed by atoms with van der Waals surface area (Å²) in [6.07, 6.45) is 5.60. The Labute approximate surface area is 160 Å². The van der Waals surface area contributed by atoms with Crippen LogP contribution in [0.5, 0.6) is 5.75 Å². The molecule has 0 saturated carbocycles. The van der Waals surface area contributed by atoms with E-state index in [0.29, 0.717) is 5.75 Å². The zero-order valence-corrected chi connectivity index (χ0v) is 16.0. The van der Waals surface area contributed by atoms with Crippen molar-refractivity contribution in [3.63, 3.8) is 0 Å². The average molecular weight is 363 g/mol. The first kappa shape index (κ1) is 18.9. The molecular formula is C22H25N3O2. The molecule has 3 rings (SSSR count). The molecule has 0 amide bonds. The first-order chi connectivity index (χ1) is 13.0. The second-order valence-electron chi connectivity index (χ2n) is 6.76. The van der Waals surface area contributed by atoms with Crippen LogP contribution in [-0.4, -0.2) is 15.5 Å². The van der Waals surface area contributed by atoms with Gasteiger partial charge in [-0.3, -0.25) is 4.79 Å². The van der Waals surface area contributed by atoms with Crippen molar-refractivity contribution in [3.05, 3.63) is 83.4 Å². The van der Waals surface area contributed by atoms with Gasteiger partial charge in [-0.05, 0) is 36.1 Å². The minimum atomic E-state index is -0.295. The number of ether oxygens (including phenoxy) is 1. The Morgan fingerprint density at radius 2 is 1.89 bits per heavy atom. The lowest BCUT2D eigenvalue weighted by molar-refractivity contribution is -0.131. The standard InChI is InChI=1S/C22H25N3O2/c1-16-11-19(12-17(2)22(16)27-18(3)26)13-24-21(14-25-10-9-23-15-25)20-7-5-4-6-8-20/h4-12,15,21,24H,13-14H2,1-3H3/t21-/m1/s1. The Balaban J connectivity index is 1.76. The summed E-state index contributed by atoms with van der Waals surface area (Å²) in [7, 11) is 0. The fourth-order valence-electron chi connectivity index (χ4n) is 3.27. The van der Waals surface area contributed by atoms with Gasteiger partial charge in [0.05, 0.1) is 12.4 Å². The van der Waals surface area contributed by atoms with Crippen LogP contribution in [0, 0.1) is 13.8 Å². The molecule has 0 fully saturated rings. The molecule has 2 aromatic carbocycles. The number of rotatable bonds is 7. The Kier molecular flexibility index (Phi) is 6.04. The van der Waals surface area contributed by atoms with Gasteiger partial charge in [-0.15, -0.1) is 0 Å². The summed E-state index contributed by atoms with van der Waals surface area (Å²) in [4.78, 5) is 15.4. The first-order valence-electron chi connectivity index (χ1n) is 9.05. The molecule has 0 aliphatic carbocycles. The largest absolute Gasteiger partial charge is 0.426 e. The Hall–Kier alpha value is -2.92. The van der Waals surface area contributed by atoms with Crippen LogP contribution in [0.1, 0.15) is 35.2 Å². The third kappa shape index (κ3) is 5.05. The summed E-state index contributed by atoms with van der Waals surface area (Å²) in [6.45, 7) is 6.88. The number of nitrogens with zero attached hydrogens (tertiary/aromatic N) is 2. The molecule has 27 heavy (non-hydrogen) atoms. The second kappa shape index (κ2) is 8.64.